The predicted molar refractivity (Wildman–Crippen MR) is 100 cm³/mol. The number of anilines is 2. The van der Waals surface area contributed by atoms with Crippen molar-refractivity contribution in [1.82, 2.24) is 15.5 Å². The zero-order chi connectivity index (χ0) is 17.1. The number of amides is 1. The highest BCUT2D eigenvalue weighted by molar-refractivity contribution is 8.01. The Morgan fingerprint density at radius 2 is 2.17 bits per heavy atom. The van der Waals surface area contributed by atoms with Gasteiger partial charge in [-0.1, -0.05) is 35.2 Å². The topological polar surface area (TPSA) is 66.9 Å². The third-order valence-electron chi connectivity index (χ3n) is 4.30. The van der Waals surface area contributed by atoms with E-state index in [9.17, 15) is 4.79 Å². The van der Waals surface area contributed by atoms with E-state index in [4.69, 9.17) is 0 Å². The Morgan fingerprint density at radius 3 is 2.92 bits per heavy atom. The van der Waals surface area contributed by atoms with Gasteiger partial charge in [0.1, 0.15) is 0 Å². The number of aryl methyl sites for hydroxylation is 1. The highest BCUT2D eigenvalue weighted by Gasteiger charge is 2.28. The van der Waals surface area contributed by atoms with Crippen molar-refractivity contribution >= 4 is 39.8 Å². The van der Waals surface area contributed by atoms with Gasteiger partial charge in [-0.15, -0.1) is 10.2 Å². The summed E-state index contributed by atoms with van der Waals surface area (Å²) in [5, 5.41) is 15.4. The number of nitrogens with zero attached hydrogens (tertiary/aromatic N) is 2. The van der Waals surface area contributed by atoms with E-state index in [1.54, 1.807) is 0 Å². The molecular formula is C17H22N4OS2. The van der Waals surface area contributed by atoms with Crippen LogP contribution in [-0.2, 0) is 4.79 Å². The Labute approximate surface area is 150 Å². The molecule has 1 aromatic carbocycles. The van der Waals surface area contributed by atoms with Crippen LogP contribution in [-0.4, -0.2) is 27.9 Å². The van der Waals surface area contributed by atoms with Crippen LogP contribution >= 0.6 is 23.1 Å². The number of aromatic nitrogens is 2. The summed E-state index contributed by atoms with van der Waals surface area (Å²) in [5.41, 5.74) is 3.48. The monoisotopic (exact) mass is 362 g/mol. The normalized spacial score (nSPS) is 15.1. The number of benzene rings is 1. The number of nitrogens with one attached hydrogen (secondary N) is 2. The Morgan fingerprint density at radius 1 is 1.38 bits per heavy atom. The third kappa shape index (κ3) is 4.48. The van der Waals surface area contributed by atoms with Gasteiger partial charge >= 0.3 is 0 Å². The van der Waals surface area contributed by atoms with Gasteiger partial charge in [-0.05, 0) is 56.7 Å². The Bertz CT molecular complexity index is 727. The van der Waals surface area contributed by atoms with E-state index in [1.807, 2.05) is 12.1 Å². The minimum absolute atomic E-state index is 0.0682. The van der Waals surface area contributed by atoms with Gasteiger partial charge in [-0.25, -0.2) is 0 Å². The van der Waals surface area contributed by atoms with Crippen molar-refractivity contribution in [2.75, 3.05) is 11.1 Å². The zero-order valence-corrected chi connectivity index (χ0v) is 15.8. The number of hydrogen-bond acceptors (Lipinski definition) is 6. The van der Waals surface area contributed by atoms with Crippen LogP contribution in [0.25, 0.3) is 0 Å². The van der Waals surface area contributed by atoms with Gasteiger partial charge in [-0.3, -0.25) is 4.79 Å². The lowest BCUT2D eigenvalue weighted by atomic mass is 10.1. The Balaban J connectivity index is 1.51. The minimum atomic E-state index is 0.0682. The predicted octanol–water partition coefficient (Wildman–Crippen LogP) is 3.91. The summed E-state index contributed by atoms with van der Waals surface area (Å²) >= 11 is 2.91. The molecule has 1 amide bonds. The molecule has 1 aromatic heterocycles. The number of carbonyl (C=O) groups is 1. The average Bonchev–Trinajstić information content (AvgIpc) is 3.31. The van der Waals surface area contributed by atoms with E-state index in [1.165, 1.54) is 47.1 Å². The largest absolute Gasteiger partial charge is 0.353 e. The summed E-state index contributed by atoms with van der Waals surface area (Å²) in [6.07, 6.45) is 2.47. The van der Waals surface area contributed by atoms with Crippen LogP contribution in [0.2, 0.25) is 0 Å². The smallest absolute Gasteiger partial charge is 0.230 e. The molecule has 0 radical (unpaired) electrons. The van der Waals surface area contributed by atoms with E-state index in [-0.39, 0.29) is 11.9 Å². The fourth-order valence-corrected chi connectivity index (χ4v) is 4.03. The van der Waals surface area contributed by atoms with Crippen LogP contribution in [0, 0.1) is 19.8 Å². The molecular weight excluding hydrogens is 340 g/mol. The first-order valence-corrected chi connectivity index (χ1v) is 9.92. The quantitative estimate of drug-likeness (QED) is 0.731. The van der Waals surface area contributed by atoms with Crippen LogP contribution < -0.4 is 10.6 Å². The lowest BCUT2D eigenvalue weighted by Gasteiger charge is -2.11. The molecule has 0 unspecified atom stereocenters. The van der Waals surface area contributed by atoms with Crippen LogP contribution in [0.5, 0.6) is 0 Å². The first-order chi connectivity index (χ1) is 11.5. The SMILES string of the molecule is Cc1cccc(Nc2nnc(SCC(=O)N[C@H](C)C3CC3)s2)c1C. The molecule has 3 rings (SSSR count). The highest BCUT2D eigenvalue weighted by Crippen LogP contribution is 2.32. The van der Waals surface area contributed by atoms with E-state index in [0.717, 1.165) is 15.2 Å². The van der Waals surface area contributed by atoms with Crippen LogP contribution in [0.4, 0.5) is 10.8 Å². The molecule has 1 aliphatic carbocycles. The third-order valence-corrected chi connectivity index (χ3v) is 6.27. The zero-order valence-electron chi connectivity index (χ0n) is 14.1. The molecule has 1 aliphatic rings. The molecule has 128 valence electrons. The van der Waals surface area contributed by atoms with Crippen LogP contribution in [0.3, 0.4) is 0 Å². The van der Waals surface area contributed by atoms with Crippen molar-refractivity contribution in [2.24, 2.45) is 5.92 Å². The molecule has 0 aliphatic heterocycles. The maximum absolute atomic E-state index is 11.9. The second-order valence-corrected chi connectivity index (χ2v) is 8.43. The maximum atomic E-state index is 11.9. The molecule has 2 N–H and O–H groups in total. The van der Waals surface area contributed by atoms with Crippen molar-refractivity contribution in [1.29, 1.82) is 0 Å². The standard InChI is InChI=1S/C17H22N4OS2/c1-10-5-4-6-14(11(10)2)19-16-20-21-17(24-16)23-9-15(22)18-12(3)13-7-8-13/h4-6,12-13H,7-9H2,1-3H3,(H,18,22)(H,19,20)/t12-/m1/s1. The molecule has 0 bridgehead atoms. The van der Waals surface area contributed by atoms with Crippen molar-refractivity contribution in [3.63, 3.8) is 0 Å². The molecule has 1 saturated carbocycles. The lowest BCUT2D eigenvalue weighted by molar-refractivity contribution is -0.119. The van der Waals surface area contributed by atoms with Gasteiger partial charge in [0.05, 0.1) is 5.75 Å². The van der Waals surface area contributed by atoms with Gasteiger partial charge in [0.15, 0.2) is 4.34 Å². The molecule has 24 heavy (non-hydrogen) atoms. The average molecular weight is 363 g/mol. The van der Waals surface area contributed by atoms with Crippen molar-refractivity contribution in [2.45, 2.75) is 44.0 Å². The second kappa shape index (κ2) is 7.53. The van der Waals surface area contributed by atoms with Crippen LogP contribution in [0.1, 0.15) is 30.9 Å². The number of thioether (sulfide) groups is 1. The molecule has 1 fully saturated rings. The van der Waals surface area contributed by atoms with E-state index in [2.05, 4.69) is 47.7 Å². The summed E-state index contributed by atoms with van der Waals surface area (Å²) in [7, 11) is 0. The Hall–Kier alpha value is -1.60. The number of hydrogen-bond donors (Lipinski definition) is 2. The maximum Gasteiger partial charge on any atom is 0.230 e. The fourth-order valence-electron chi connectivity index (χ4n) is 2.46. The van der Waals surface area contributed by atoms with Gasteiger partial charge in [-0.2, -0.15) is 0 Å². The summed E-state index contributed by atoms with van der Waals surface area (Å²) in [6, 6.07) is 6.42. The van der Waals surface area contributed by atoms with E-state index >= 15 is 0 Å². The number of carbonyl (C=O) groups excluding carboxylic acids is 1. The fraction of sp³-hybridized carbons (Fsp3) is 0.471. The van der Waals surface area contributed by atoms with Gasteiger partial charge < -0.3 is 10.6 Å². The molecule has 0 saturated heterocycles. The highest BCUT2D eigenvalue weighted by atomic mass is 32.2. The van der Waals surface area contributed by atoms with E-state index < -0.39 is 0 Å². The summed E-state index contributed by atoms with van der Waals surface area (Å²) in [4.78, 5) is 11.9. The summed E-state index contributed by atoms with van der Waals surface area (Å²) in [6.45, 7) is 6.25. The van der Waals surface area contributed by atoms with E-state index in [0.29, 0.717) is 11.7 Å². The first-order valence-electron chi connectivity index (χ1n) is 8.12. The molecule has 1 heterocycles. The molecule has 7 heteroatoms. The molecule has 2 aromatic rings. The molecule has 5 nitrogen and oxygen atoms in total. The van der Waals surface area contributed by atoms with Crippen molar-refractivity contribution in [3.8, 4) is 0 Å². The minimum Gasteiger partial charge on any atom is -0.353 e. The van der Waals surface area contributed by atoms with Gasteiger partial charge in [0.25, 0.3) is 0 Å². The van der Waals surface area contributed by atoms with Crippen LogP contribution in [0.15, 0.2) is 22.5 Å². The van der Waals surface area contributed by atoms with Gasteiger partial charge in [0.2, 0.25) is 11.0 Å². The van der Waals surface area contributed by atoms with Crippen molar-refractivity contribution < 1.29 is 4.79 Å². The second-order valence-electron chi connectivity index (χ2n) is 6.23. The van der Waals surface area contributed by atoms with Gasteiger partial charge in [0, 0.05) is 11.7 Å². The summed E-state index contributed by atoms with van der Waals surface area (Å²) in [5.74, 6) is 1.13. The van der Waals surface area contributed by atoms with Crippen molar-refractivity contribution in [3.05, 3.63) is 29.3 Å². The number of rotatable bonds is 7. The Kier molecular flexibility index (Phi) is 5.40. The summed E-state index contributed by atoms with van der Waals surface area (Å²) < 4.78 is 0.803. The first kappa shape index (κ1) is 17.2. The lowest BCUT2D eigenvalue weighted by Crippen LogP contribution is -2.35. The molecule has 0 spiro atoms. The molecule has 1 atom stereocenters.